The van der Waals surface area contributed by atoms with Gasteiger partial charge in [-0.05, 0) is 125 Å². The van der Waals surface area contributed by atoms with Gasteiger partial charge < -0.3 is 9.13 Å². The van der Waals surface area contributed by atoms with E-state index in [1.54, 1.807) is 0 Å². The minimum absolute atomic E-state index is 1.15. The van der Waals surface area contributed by atoms with Gasteiger partial charge in [-0.2, -0.15) is 0 Å². The first-order valence-corrected chi connectivity index (χ1v) is 19.4. The maximum atomic E-state index is 2.48. The van der Waals surface area contributed by atoms with Crippen molar-refractivity contribution in [3.63, 3.8) is 0 Å². The monoisotopic (exact) mass is 708 g/mol. The molecule has 0 N–H and O–H groups in total. The number of hydrogen-bond donors (Lipinski definition) is 0. The van der Waals surface area contributed by atoms with Crippen molar-refractivity contribution < 1.29 is 0 Å². The minimum atomic E-state index is 1.15. The molecule has 258 valence electrons. The molecule has 0 spiro atoms. The Morgan fingerprint density at radius 1 is 0.179 bits per heavy atom. The number of nitrogens with zero attached hydrogens (tertiary/aromatic N) is 2. The number of fused-ring (bicyclic) bond motifs is 18. The summed E-state index contributed by atoms with van der Waals surface area (Å²) in [6.07, 6.45) is 0. The predicted molar refractivity (Wildman–Crippen MR) is 240 cm³/mol. The highest BCUT2D eigenvalue weighted by Crippen LogP contribution is 2.45. The van der Waals surface area contributed by atoms with Gasteiger partial charge in [0.05, 0.1) is 22.1 Å². The molecule has 0 bridgehead atoms. The summed E-state index contributed by atoms with van der Waals surface area (Å²) < 4.78 is 4.97. The Kier molecular flexibility index (Phi) is 5.92. The molecular weight excluding hydrogens is 677 g/mol. The van der Waals surface area contributed by atoms with Crippen LogP contribution in [0.4, 0.5) is 0 Å². The Balaban J connectivity index is 1.26. The highest BCUT2D eigenvalue weighted by atomic mass is 15.0. The first-order chi connectivity index (χ1) is 27.8. The van der Waals surface area contributed by atoms with Crippen LogP contribution in [-0.2, 0) is 0 Å². The van der Waals surface area contributed by atoms with Gasteiger partial charge in [0.2, 0.25) is 0 Å². The van der Waals surface area contributed by atoms with Gasteiger partial charge in [0.1, 0.15) is 0 Å². The molecule has 2 heterocycles. The molecule has 0 amide bonds. The van der Waals surface area contributed by atoms with Crippen LogP contribution in [0, 0.1) is 0 Å². The molecule has 11 aromatic carbocycles. The van der Waals surface area contributed by atoms with E-state index < -0.39 is 0 Å². The summed E-state index contributed by atoms with van der Waals surface area (Å²) in [4.78, 5) is 0. The fourth-order valence-corrected chi connectivity index (χ4v) is 10.0. The van der Waals surface area contributed by atoms with E-state index in [1.807, 2.05) is 0 Å². The summed E-state index contributed by atoms with van der Waals surface area (Å²) in [6, 6.07) is 72.1. The maximum absolute atomic E-state index is 2.48. The van der Waals surface area contributed by atoms with E-state index >= 15 is 0 Å². The maximum Gasteiger partial charge on any atom is 0.0562 e. The molecular formula is C54H32N2. The SMILES string of the molecule is c1ccc(-n2c3cc4c5ccccc5c5ccccc5c4cc3c3cc4c5cc6c7ccccc7c7ccccc7c6cc5n(-c5ccccc5)c4cc32)cc1. The van der Waals surface area contributed by atoms with E-state index in [9.17, 15) is 0 Å². The van der Waals surface area contributed by atoms with Crippen LogP contribution in [0.5, 0.6) is 0 Å². The summed E-state index contributed by atoms with van der Waals surface area (Å²) in [5.41, 5.74) is 7.13. The zero-order valence-corrected chi connectivity index (χ0v) is 30.4. The quantitative estimate of drug-likeness (QED) is 0.158. The van der Waals surface area contributed by atoms with E-state index in [4.69, 9.17) is 0 Å². The highest BCUT2D eigenvalue weighted by Gasteiger charge is 2.22. The molecule has 0 saturated carbocycles. The molecule has 2 nitrogen and oxygen atoms in total. The van der Waals surface area contributed by atoms with Crippen LogP contribution in [0.3, 0.4) is 0 Å². The molecule has 0 aliphatic carbocycles. The van der Waals surface area contributed by atoms with Gasteiger partial charge in [-0.3, -0.25) is 0 Å². The third kappa shape index (κ3) is 3.95. The Bertz CT molecular complexity index is 3550. The average molecular weight is 709 g/mol. The van der Waals surface area contributed by atoms with Gasteiger partial charge in [0, 0.05) is 32.9 Å². The molecule has 0 unspecified atom stereocenters. The fraction of sp³-hybridized carbons (Fsp3) is 0. The Morgan fingerprint density at radius 2 is 0.411 bits per heavy atom. The molecule has 0 atom stereocenters. The van der Waals surface area contributed by atoms with Gasteiger partial charge in [-0.1, -0.05) is 133 Å². The number of benzene rings is 11. The van der Waals surface area contributed by atoms with Gasteiger partial charge in [0.15, 0.2) is 0 Å². The molecule has 2 aromatic heterocycles. The molecule has 13 rings (SSSR count). The second-order valence-electron chi connectivity index (χ2n) is 15.2. The summed E-state index contributed by atoms with van der Waals surface area (Å²) >= 11 is 0. The molecule has 13 aromatic rings. The molecule has 0 aliphatic rings. The third-order valence-electron chi connectivity index (χ3n) is 12.4. The predicted octanol–water partition coefficient (Wildman–Crippen LogP) is 14.8. The normalized spacial score (nSPS) is 12.3. The van der Waals surface area contributed by atoms with Crippen molar-refractivity contribution in [2.45, 2.75) is 0 Å². The largest absolute Gasteiger partial charge is 0.309 e. The topological polar surface area (TPSA) is 9.86 Å². The number of rotatable bonds is 2. The zero-order chi connectivity index (χ0) is 36.5. The average Bonchev–Trinajstić information content (AvgIpc) is 3.75. The van der Waals surface area contributed by atoms with Crippen molar-refractivity contribution in [3.05, 3.63) is 194 Å². The Labute approximate surface area is 321 Å². The first kappa shape index (κ1) is 30.0. The Morgan fingerprint density at radius 3 is 0.732 bits per heavy atom. The molecule has 2 heteroatoms. The standard InChI is InChI=1S/C54H32N2/c1-3-15-33(16-4-1)55-51-30-45-41-25-13-9-21-37(41)35-19-7-11-23-39(35)43(45)27-47(51)49-29-50-48-28-44-40-24-12-8-20-36(40)38-22-10-14-26-42(38)46(44)31-52(48)56(54(50)32-53(49)55)34-17-5-2-6-18-34/h1-32H. The van der Waals surface area contributed by atoms with Gasteiger partial charge in [-0.15, -0.1) is 0 Å². The summed E-state index contributed by atoms with van der Waals surface area (Å²) in [5.74, 6) is 0. The lowest BCUT2D eigenvalue weighted by Crippen LogP contribution is -1.96. The van der Waals surface area contributed by atoms with Gasteiger partial charge in [0.25, 0.3) is 0 Å². The summed E-state index contributed by atoms with van der Waals surface area (Å²) in [5, 5.41) is 20.5. The van der Waals surface area contributed by atoms with Crippen molar-refractivity contribution in [2.75, 3.05) is 0 Å². The van der Waals surface area contributed by atoms with Gasteiger partial charge >= 0.3 is 0 Å². The lowest BCUT2D eigenvalue weighted by molar-refractivity contribution is 1.17. The molecule has 0 fully saturated rings. The zero-order valence-electron chi connectivity index (χ0n) is 30.4. The lowest BCUT2D eigenvalue weighted by Gasteiger charge is -2.13. The van der Waals surface area contributed by atoms with Crippen molar-refractivity contribution >= 4 is 108 Å². The van der Waals surface area contributed by atoms with Gasteiger partial charge in [-0.25, -0.2) is 0 Å². The first-order valence-electron chi connectivity index (χ1n) is 19.4. The van der Waals surface area contributed by atoms with E-state index in [0.29, 0.717) is 0 Å². The summed E-state index contributed by atoms with van der Waals surface area (Å²) in [6.45, 7) is 0. The minimum Gasteiger partial charge on any atom is -0.309 e. The van der Waals surface area contributed by atoms with E-state index in [1.165, 1.54) is 108 Å². The molecule has 0 saturated heterocycles. The van der Waals surface area contributed by atoms with Crippen LogP contribution < -0.4 is 0 Å². The Hall–Kier alpha value is -7.42. The highest BCUT2D eigenvalue weighted by molar-refractivity contribution is 6.31. The number of aromatic nitrogens is 2. The van der Waals surface area contributed by atoms with Crippen LogP contribution in [0.1, 0.15) is 0 Å². The van der Waals surface area contributed by atoms with E-state index in [2.05, 4.69) is 203 Å². The van der Waals surface area contributed by atoms with Crippen molar-refractivity contribution in [3.8, 4) is 11.4 Å². The van der Waals surface area contributed by atoms with E-state index in [0.717, 1.165) is 11.4 Å². The second-order valence-corrected chi connectivity index (χ2v) is 15.2. The number of hydrogen-bond acceptors (Lipinski definition) is 0. The fourth-order valence-electron chi connectivity index (χ4n) is 10.0. The van der Waals surface area contributed by atoms with Crippen molar-refractivity contribution in [1.29, 1.82) is 0 Å². The molecule has 56 heavy (non-hydrogen) atoms. The smallest absolute Gasteiger partial charge is 0.0562 e. The van der Waals surface area contributed by atoms with Crippen LogP contribution in [-0.4, -0.2) is 9.13 Å². The third-order valence-corrected chi connectivity index (χ3v) is 12.4. The molecule has 0 radical (unpaired) electrons. The van der Waals surface area contributed by atoms with E-state index in [-0.39, 0.29) is 0 Å². The van der Waals surface area contributed by atoms with Crippen LogP contribution in [0.25, 0.3) is 120 Å². The van der Waals surface area contributed by atoms with Crippen LogP contribution >= 0.6 is 0 Å². The van der Waals surface area contributed by atoms with Crippen molar-refractivity contribution in [2.24, 2.45) is 0 Å². The second kappa shape index (κ2) is 11.1. The van der Waals surface area contributed by atoms with Crippen LogP contribution in [0.2, 0.25) is 0 Å². The number of para-hydroxylation sites is 2. The summed E-state index contributed by atoms with van der Waals surface area (Å²) in [7, 11) is 0. The molecule has 0 aliphatic heterocycles. The van der Waals surface area contributed by atoms with Crippen molar-refractivity contribution in [1.82, 2.24) is 9.13 Å². The van der Waals surface area contributed by atoms with Crippen LogP contribution in [0.15, 0.2) is 194 Å². The lowest BCUT2D eigenvalue weighted by atomic mass is 9.93.